The number of aromatic hydroxyl groups is 1. The predicted octanol–water partition coefficient (Wildman–Crippen LogP) is 5.23. The van der Waals surface area contributed by atoms with E-state index in [1.165, 1.54) is 55.3 Å². The Labute approximate surface area is 167 Å². The minimum atomic E-state index is 0. The number of halogens is 1. The summed E-state index contributed by atoms with van der Waals surface area (Å²) in [5.41, 5.74) is 4.72. The van der Waals surface area contributed by atoms with E-state index in [9.17, 15) is 5.11 Å². The van der Waals surface area contributed by atoms with E-state index < -0.39 is 0 Å². The number of nitrogens with zero attached hydrogens (tertiary/aromatic N) is 1. The van der Waals surface area contributed by atoms with E-state index in [4.69, 9.17) is 0 Å². The third kappa shape index (κ3) is 2.80. The molecule has 2 aromatic rings. The summed E-state index contributed by atoms with van der Waals surface area (Å²) >= 11 is 0. The van der Waals surface area contributed by atoms with Crippen LogP contribution < -0.4 is 0 Å². The molecule has 1 N–H and O–H groups in total. The predicted molar refractivity (Wildman–Crippen MR) is 111 cm³/mol. The molecular weight excluding hydrogens is 386 g/mol. The Morgan fingerprint density at radius 1 is 1.04 bits per heavy atom. The molecule has 3 aliphatic rings. The van der Waals surface area contributed by atoms with Gasteiger partial charge in [-0.2, -0.15) is 0 Å². The highest BCUT2D eigenvalue weighted by atomic mass is 79.9. The van der Waals surface area contributed by atoms with Gasteiger partial charge < -0.3 is 5.11 Å². The van der Waals surface area contributed by atoms with Crippen LogP contribution in [-0.4, -0.2) is 22.6 Å². The van der Waals surface area contributed by atoms with Crippen molar-refractivity contribution in [1.82, 2.24) is 4.90 Å². The molecular formula is C23H28BrNO. The van der Waals surface area contributed by atoms with E-state index >= 15 is 0 Å². The van der Waals surface area contributed by atoms with Crippen LogP contribution >= 0.6 is 17.0 Å². The topological polar surface area (TPSA) is 23.5 Å². The Bertz CT molecular complexity index is 777. The number of rotatable bonds is 2. The van der Waals surface area contributed by atoms with Crippen molar-refractivity contribution in [2.45, 2.75) is 56.5 Å². The summed E-state index contributed by atoms with van der Waals surface area (Å²) < 4.78 is 0. The maximum Gasteiger partial charge on any atom is 0.115 e. The van der Waals surface area contributed by atoms with Gasteiger partial charge in [0, 0.05) is 18.0 Å². The van der Waals surface area contributed by atoms with Gasteiger partial charge in [0.1, 0.15) is 5.75 Å². The van der Waals surface area contributed by atoms with Crippen molar-refractivity contribution >= 4 is 17.0 Å². The third-order valence-corrected chi connectivity index (χ3v) is 7.16. The van der Waals surface area contributed by atoms with Crippen molar-refractivity contribution in [3.63, 3.8) is 0 Å². The van der Waals surface area contributed by atoms with E-state index in [-0.39, 0.29) is 17.0 Å². The third-order valence-electron chi connectivity index (χ3n) is 7.16. The van der Waals surface area contributed by atoms with Gasteiger partial charge in [-0.3, -0.25) is 4.90 Å². The van der Waals surface area contributed by atoms with Crippen molar-refractivity contribution in [2.75, 3.05) is 6.54 Å². The molecule has 5 rings (SSSR count). The first kappa shape index (κ1) is 18.1. The highest BCUT2D eigenvalue weighted by Crippen LogP contribution is 2.56. The molecule has 0 unspecified atom stereocenters. The molecule has 1 saturated carbocycles. The minimum absolute atomic E-state index is 0. The van der Waals surface area contributed by atoms with E-state index in [2.05, 4.69) is 47.4 Å². The fourth-order valence-electron chi connectivity index (χ4n) is 6.09. The molecule has 0 amide bonds. The summed E-state index contributed by atoms with van der Waals surface area (Å²) in [5.74, 6) is 1.20. The zero-order valence-electron chi connectivity index (χ0n) is 15.2. The second kappa shape index (κ2) is 7.01. The summed E-state index contributed by atoms with van der Waals surface area (Å²) in [7, 11) is 0. The maximum absolute atomic E-state index is 10.1. The number of benzene rings is 2. The minimum Gasteiger partial charge on any atom is -0.508 e. The van der Waals surface area contributed by atoms with Gasteiger partial charge >= 0.3 is 0 Å². The molecule has 3 heteroatoms. The summed E-state index contributed by atoms with van der Waals surface area (Å²) in [4.78, 5) is 2.75. The summed E-state index contributed by atoms with van der Waals surface area (Å²) in [6, 6.07) is 17.8. The maximum atomic E-state index is 10.1. The Balaban J connectivity index is 0.00000168. The molecule has 1 heterocycles. The Morgan fingerprint density at radius 3 is 2.73 bits per heavy atom. The van der Waals surface area contributed by atoms with Crippen LogP contribution in [0.5, 0.6) is 5.75 Å². The van der Waals surface area contributed by atoms with Gasteiger partial charge in [0.15, 0.2) is 0 Å². The molecule has 1 aliphatic heterocycles. The standard InChI is InChI=1S/C23H27NO.BrH/c25-19-10-9-18-14-22-20-8-4-5-11-23(20,21(18)15-19)12-13-24(22)16-17-6-2-1-3-7-17;/h1-3,6-7,9-10,15,20,22,25H,4-5,8,11-14,16H2;1H/t20-,22+,23+;/m1./s1. The fraction of sp³-hybridized carbons (Fsp3) is 0.478. The van der Waals surface area contributed by atoms with Crippen molar-refractivity contribution in [3.05, 3.63) is 65.2 Å². The van der Waals surface area contributed by atoms with Crippen LogP contribution in [0.2, 0.25) is 0 Å². The Hall–Kier alpha value is -1.32. The lowest BCUT2D eigenvalue weighted by Crippen LogP contribution is -2.60. The number of fused-ring (bicyclic) bond motifs is 1. The zero-order chi connectivity index (χ0) is 16.9. The first-order valence-electron chi connectivity index (χ1n) is 9.87. The number of phenols is 1. The highest BCUT2D eigenvalue weighted by Gasteiger charge is 2.53. The Morgan fingerprint density at radius 2 is 1.88 bits per heavy atom. The van der Waals surface area contributed by atoms with Gasteiger partial charge in [-0.15, -0.1) is 17.0 Å². The Kier molecular flexibility index (Phi) is 4.87. The van der Waals surface area contributed by atoms with E-state index in [0.717, 1.165) is 18.9 Å². The number of hydrogen-bond acceptors (Lipinski definition) is 2. The monoisotopic (exact) mass is 413 g/mol. The van der Waals surface area contributed by atoms with Gasteiger partial charge in [-0.25, -0.2) is 0 Å². The zero-order valence-corrected chi connectivity index (χ0v) is 16.9. The number of likely N-dealkylation sites (tertiary alicyclic amines) is 1. The fourth-order valence-corrected chi connectivity index (χ4v) is 6.09. The van der Waals surface area contributed by atoms with Crippen molar-refractivity contribution in [2.24, 2.45) is 5.92 Å². The molecule has 2 aliphatic carbocycles. The van der Waals surface area contributed by atoms with E-state index in [1.807, 2.05) is 6.07 Å². The molecule has 2 fully saturated rings. The first-order valence-corrected chi connectivity index (χ1v) is 9.87. The van der Waals surface area contributed by atoms with Crippen LogP contribution in [0.4, 0.5) is 0 Å². The SMILES string of the molecule is Br.Oc1ccc2c(c1)[C@]13CCCC[C@@H]1[C@H](C2)N(Cc1ccccc1)CC3. The molecule has 0 spiro atoms. The molecule has 138 valence electrons. The quantitative estimate of drug-likeness (QED) is 0.728. The number of hydrogen-bond donors (Lipinski definition) is 1. The van der Waals surface area contributed by atoms with Gasteiger partial charge in [-0.1, -0.05) is 49.2 Å². The van der Waals surface area contributed by atoms with Gasteiger partial charge in [0.05, 0.1) is 0 Å². The molecule has 0 radical (unpaired) electrons. The van der Waals surface area contributed by atoms with E-state index in [1.54, 1.807) is 0 Å². The van der Waals surface area contributed by atoms with Crippen LogP contribution in [-0.2, 0) is 18.4 Å². The van der Waals surface area contributed by atoms with Crippen molar-refractivity contribution in [1.29, 1.82) is 0 Å². The largest absolute Gasteiger partial charge is 0.508 e. The van der Waals surface area contributed by atoms with Gasteiger partial charge in [0.2, 0.25) is 0 Å². The lowest BCUT2D eigenvalue weighted by Gasteiger charge is -2.59. The summed E-state index contributed by atoms with van der Waals surface area (Å²) in [6.07, 6.45) is 7.77. The highest BCUT2D eigenvalue weighted by molar-refractivity contribution is 8.93. The normalized spacial score (nSPS) is 30.0. The van der Waals surface area contributed by atoms with Gasteiger partial charge in [0.25, 0.3) is 0 Å². The number of piperidine rings is 1. The molecule has 0 aromatic heterocycles. The van der Waals surface area contributed by atoms with Crippen LogP contribution in [0.3, 0.4) is 0 Å². The smallest absolute Gasteiger partial charge is 0.115 e. The molecule has 2 nitrogen and oxygen atoms in total. The lowest BCUT2D eigenvalue weighted by atomic mass is 9.52. The average molecular weight is 414 g/mol. The number of phenolic OH excluding ortho intramolecular Hbond substituents is 1. The van der Waals surface area contributed by atoms with Crippen molar-refractivity contribution < 1.29 is 5.11 Å². The molecule has 2 bridgehead atoms. The second-order valence-electron chi connectivity index (χ2n) is 8.33. The lowest BCUT2D eigenvalue weighted by molar-refractivity contribution is -0.0157. The van der Waals surface area contributed by atoms with Gasteiger partial charge in [-0.05, 0) is 67.0 Å². The average Bonchev–Trinajstić information content (AvgIpc) is 2.65. The van der Waals surface area contributed by atoms with Crippen LogP contribution in [0.25, 0.3) is 0 Å². The second-order valence-corrected chi connectivity index (χ2v) is 8.33. The van der Waals surface area contributed by atoms with Crippen LogP contribution in [0, 0.1) is 5.92 Å². The molecule has 1 saturated heterocycles. The van der Waals surface area contributed by atoms with E-state index in [0.29, 0.717) is 17.2 Å². The van der Waals surface area contributed by atoms with Crippen molar-refractivity contribution in [3.8, 4) is 5.75 Å². The molecule has 3 atom stereocenters. The molecule has 26 heavy (non-hydrogen) atoms. The first-order chi connectivity index (χ1) is 12.3. The summed E-state index contributed by atoms with van der Waals surface area (Å²) in [6.45, 7) is 2.26. The summed E-state index contributed by atoms with van der Waals surface area (Å²) in [5, 5.41) is 10.1. The van der Waals surface area contributed by atoms with Crippen LogP contribution in [0.15, 0.2) is 48.5 Å². The van der Waals surface area contributed by atoms with Crippen LogP contribution in [0.1, 0.15) is 48.8 Å². The molecule has 2 aromatic carbocycles.